The normalized spacial score (nSPS) is 34.3. The minimum atomic E-state index is -0.220. The summed E-state index contributed by atoms with van der Waals surface area (Å²) >= 11 is 0. The van der Waals surface area contributed by atoms with E-state index in [1.54, 1.807) is 0 Å². The zero-order valence-corrected chi connectivity index (χ0v) is 11.4. The summed E-state index contributed by atoms with van der Waals surface area (Å²) in [7, 11) is 2.19. The molecule has 1 fully saturated rings. The van der Waals surface area contributed by atoms with E-state index in [0.29, 0.717) is 23.9 Å². The Hall–Kier alpha value is -0.120. The number of hydrogen-bond donors (Lipinski definition) is 2. The van der Waals surface area contributed by atoms with Gasteiger partial charge in [-0.25, -0.2) is 0 Å². The number of aliphatic hydroxyl groups is 1. The molecule has 96 valence electrons. The third-order valence-corrected chi connectivity index (χ3v) is 3.97. The van der Waals surface area contributed by atoms with Gasteiger partial charge in [0.2, 0.25) is 0 Å². The number of nitrogens with zero attached hydrogens (tertiary/aromatic N) is 1. The Bertz CT molecular complexity index is 208. The monoisotopic (exact) mass is 228 g/mol. The lowest BCUT2D eigenvalue weighted by atomic mass is 9.89. The molecule has 1 heterocycles. The third-order valence-electron chi connectivity index (χ3n) is 3.97. The fraction of sp³-hybridized carbons (Fsp3) is 1.00. The second-order valence-corrected chi connectivity index (χ2v) is 5.83. The molecular formula is C13H28N2O. The summed E-state index contributed by atoms with van der Waals surface area (Å²) in [6, 6.07) is 1.20. The molecular weight excluding hydrogens is 200 g/mol. The number of nitrogens with one attached hydrogen (secondary N) is 1. The van der Waals surface area contributed by atoms with Gasteiger partial charge in [-0.15, -0.1) is 0 Å². The van der Waals surface area contributed by atoms with Crippen molar-refractivity contribution in [3.63, 3.8) is 0 Å². The molecule has 1 aliphatic heterocycles. The van der Waals surface area contributed by atoms with Crippen LogP contribution in [0.1, 0.15) is 34.1 Å². The quantitative estimate of drug-likeness (QED) is 0.762. The lowest BCUT2D eigenvalue weighted by molar-refractivity contribution is 0.0894. The van der Waals surface area contributed by atoms with Crippen molar-refractivity contribution >= 4 is 0 Å². The first-order chi connectivity index (χ1) is 7.41. The number of aliphatic hydroxyl groups excluding tert-OH is 1. The highest BCUT2D eigenvalue weighted by molar-refractivity contribution is 4.86. The first-order valence-corrected chi connectivity index (χ1v) is 6.53. The van der Waals surface area contributed by atoms with Gasteiger partial charge in [0.25, 0.3) is 0 Å². The predicted octanol–water partition coefficient (Wildman–Crippen LogP) is 1.32. The fourth-order valence-electron chi connectivity index (χ4n) is 2.33. The minimum Gasteiger partial charge on any atom is -0.392 e. The summed E-state index contributed by atoms with van der Waals surface area (Å²) in [6.07, 6.45) is 0.963. The topological polar surface area (TPSA) is 35.5 Å². The molecule has 0 aromatic carbocycles. The van der Waals surface area contributed by atoms with Crippen molar-refractivity contribution in [2.24, 2.45) is 11.8 Å². The summed E-state index contributed by atoms with van der Waals surface area (Å²) < 4.78 is 0. The number of likely N-dealkylation sites (tertiary alicyclic amines) is 1. The summed E-state index contributed by atoms with van der Waals surface area (Å²) in [5, 5.41) is 13.3. The summed E-state index contributed by atoms with van der Waals surface area (Å²) in [5.74, 6) is 1.01. The van der Waals surface area contributed by atoms with Crippen molar-refractivity contribution in [2.45, 2.75) is 52.3 Å². The van der Waals surface area contributed by atoms with Crippen LogP contribution in [0.25, 0.3) is 0 Å². The minimum absolute atomic E-state index is 0.220. The average Bonchev–Trinajstić information content (AvgIpc) is 2.20. The molecule has 0 amide bonds. The van der Waals surface area contributed by atoms with E-state index in [4.69, 9.17) is 0 Å². The largest absolute Gasteiger partial charge is 0.392 e. The molecule has 0 aliphatic carbocycles. The van der Waals surface area contributed by atoms with Crippen LogP contribution in [-0.2, 0) is 0 Å². The molecule has 0 bridgehead atoms. The molecule has 0 aromatic rings. The molecule has 1 aliphatic rings. The predicted molar refractivity (Wildman–Crippen MR) is 68.5 cm³/mol. The van der Waals surface area contributed by atoms with E-state index < -0.39 is 0 Å². The van der Waals surface area contributed by atoms with Gasteiger partial charge in [-0.05, 0) is 32.2 Å². The highest BCUT2D eigenvalue weighted by Crippen LogP contribution is 2.20. The molecule has 4 atom stereocenters. The van der Waals surface area contributed by atoms with Gasteiger partial charge >= 0.3 is 0 Å². The molecule has 2 N–H and O–H groups in total. The van der Waals surface area contributed by atoms with Crippen LogP contribution >= 0.6 is 0 Å². The maximum Gasteiger partial charge on any atom is 0.0687 e. The number of hydrogen-bond acceptors (Lipinski definition) is 3. The van der Waals surface area contributed by atoms with Crippen LogP contribution in [0.5, 0.6) is 0 Å². The maximum atomic E-state index is 9.79. The van der Waals surface area contributed by atoms with Gasteiger partial charge in [0, 0.05) is 25.2 Å². The molecule has 1 rings (SSSR count). The molecule has 0 spiro atoms. The van der Waals surface area contributed by atoms with E-state index in [0.717, 1.165) is 13.1 Å². The van der Waals surface area contributed by atoms with Gasteiger partial charge in [0.15, 0.2) is 0 Å². The van der Waals surface area contributed by atoms with E-state index >= 15 is 0 Å². The Morgan fingerprint density at radius 3 is 2.56 bits per heavy atom. The summed E-state index contributed by atoms with van der Waals surface area (Å²) in [5.41, 5.74) is 0. The Balaban J connectivity index is 2.36. The van der Waals surface area contributed by atoms with Crippen LogP contribution in [0.15, 0.2) is 0 Å². The highest BCUT2D eigenvalue weighted by Gasteiger charge is 2.28. The smallest absolute Gasteiger partial charge is 0.0687 e. The second kappa shape index (κ2) is 5.99. The second-order valence-electron chi connectivity index (χ2n) is 5.83. The van der Waals surface area contributed by atoms with Crippen LogP contribution in [-0.4, -0.2) is 48.3 Å². The van der Waals surface area contributed by atoms with Crippen LogP contribution in [0.3, 0.4) is 0 Å². The third kappa shape index (κ3) is 3.72. The number of rotatable bonds is 4. The van der Waals surface area contributed by atoms with Crippen LogP contribution < -0.4 is 5.32 Å². The van der Waals surface area contributed by atoms with Gasteiger partial charge in [-0.2, -0.15) is 0 Å². The standard InChI is InChI=1S/C13H28N2O/c1-9(2)13(16)7-14-12-6-11(4)15(5)8-10(12)3/h9-14,16H,6-8H2,1-5H3. The zero-order valence-electron chi connectivity index (χ0n) is 11.4. The Morgan fingerprint density at radius 2 is 2.00 bits per heavy atom. The first kappa shape index (κ1) is 13.9. The molecule has 0 aromatic heterocycles. The van der Waals surface area contributed by atoms with E-state index in [1.807, 2.05) is 0 Å². The number of piperidine rings is 1. The van der Waals surface area contributed by atoms with Crippen molar-refractivity contribution in [3.8, 4) is 0 Å². The molecule has 3 heteroatoms. The van der Waals surface area contributed by atoms with Crippen molar-refractivity contribution in [3.05, 3.63) is 0 Å². The Labute approximate surface area is 100 Å². The Morgan fingerprint density at radius 1 is 1.38 bits per heavy atom. The summed E-state index contributed by atoms with van der Waals surface area (Å²) in [6.45, 7) is 10.6. The van der Waals surface area contributed by atoms with Gasteiger partial charge in [-0.1, -0.05) is 20.8 Å². The van der Waals surface area contributed by atoms with Crippen molar-refractivity contribution in [1.82, 2.24) is 10.2 Å². The van der Waals surface area contributed by atoms with Crippen molar-refractivity contribution in [2.75, 3.05) is 20.1 Å². The van der Waals surface area contributed by atoms with Gasteiger partial charge in [-0.3, -0.25) is 0 Å². The van der Waals surface area contributed by atoms with E-state index in [2.05, 4.69) is 45.0 Å². The van der Waals surface area contributed by atoms with E-state index in [9.17, 15) is 5.11 Å². The summed E-state index contributed by atoms with van der Waals surface area (Å²) in [4.78, 5) is 2.42. The average molecular weight is 228 g/mol. The maximum absolute atomic E-state index is 9.79. The molecule has 1 saturated heterocycles. The molecule has 0 saturated carbocycles. The van der Waals surface area contributed by atoms with Crippen LogP contribution in [0, 0.1) is 11.8 Å². The van der Waals surface area contributed by atoms with Gasteiger partial charge < -0.3 is 15.3 Å². The van der Waals surface area contributed by atoms with Crippen LogP contribution in [0.4, 0.5) is 0 Å². The van der Waals surface area contributed by atoms with Crippen molar-refractivity contribution < 1.29 is 5.11 Å². The lowest BCUT2D eigenvalue weighted by Crippen LogP contribution is -2.52. The Kier molecular flexibility index (Phi) is 5.22. The van der Waals surface area contributed by atoms with E-state index in [1.165, 1.54) is 6.42 Å². The van der Waals surface area contributed by atoms with E-state index in [-0.39, 0.29) is 6.10 Å². The zero-order chi connectivity index (χ0) is 12.3. The van der Waals surface area contributed by atoms with Gasteiger partial charge in [0.1, 0.15) is 0 Å². The molecule has 3 nitrogen and oxygen atoms in total. The highest BCUT2D eigenvalue weighted by atomic mass is 16.3. The molecule has 4 unspecified atom stereocenters. The lowest BCUT2D eigenvalue weighted by Gasteiger charge is -2.40. The first-order valence-electron chi connectivity index (χ1n) is 6.53. The van der Waals surface area contributed by atoms with Crippen LogP contribution in [0.2, 0.25) is 0 Å². The fourth-order valence-corrected chi connectivity index (χ4v) is 2.33. The van der Waals surface area contributed by atoms with Gasteiger partial charge in [0.05, 0.1) is 6.10 Å². The molecule has 0 radical (unpaired) electrons. The molecule has 16 heavy (non-hydrogen) atoms. The SMILES string of the molecule is CC(C)C(O)CNC1CC(C)N(C)CC1C. The van der Waals surface area contributed by atoms with Crippen molar-refractivity contribution in [1.29, 1.82) is 0 Å².